The Hall–Kier alpha value is -3.49. The van der Waals surface area contributed by atoms with Gasteiger partial charge in [-0.2, -0.15) is 4.31 Å². The quantitative estimate of drug-likeness (QED) is 0.514. The lowest BCUT2D eigenvalue weighted by Gasteiger charge is -2.29. The summed E-state index contributed by atoms with van der Waals surface area (Å²) in [6, 6.07) is 15.3. The summed E-state index contributed by atoms with van der Waals surface area (Å²) >= 11 is 0. The second-order valence-corrected chi connectivity index (χ2v) is 9.44. The zero-order valence-corrected chi connectivity index (χ0v) is 18.0. The van der Waals surface area contributed by atoms with E-state index in [2.05, 4.69) is 0 Å². The molecule has 168 valence electrons. The predicted octanol–water partition coefficient (Wildman–Crippen LogP) is 4.84. The van der Waals surface area contributed by atoms with Gasteiger partial charge in [0.2, 0.25) is 10.0 Å². The Bertz CT molecular complexity index is 1280. The minimum atomic E-state index is -4.05. The maximum Gasteiger partial charge on any atom is 0.243 e. The third-order valence-corrected chi connectivity index (χ3v) is 6.96. The summed E-state index contributed by atoms with van der Waals surface area (Å²) in [5.74, 6) is -1.82. The average molecular weight is 469 g/mol. The van der Waals surface area contributed by atoms with E-state index in [1.54, 1.807) is 0 Å². The fraction of sp³-hybridized carbons (Fsp3) is 0.0800. The zero-order chi connectivity index (χ0) is 23.6. The summed E-state index contributed by atoms with van der Waals surface area (Å²) in [4.78, 5) is 13.1. The van der Waals surface area contributed by atoms with Crippen molar-refractivity contribution in [1.29, 1.82) is 0 Å². The fourth-order valence-corrected chi connectivity index (χ4v) is 4.85. The van der Waals surface area contributed by atoms with Gasteiger partial charge in [0.25, 0.3) is 0 Å². The Morgan fingerprint density at radius 1 is 0.636 bits per heavy atom. The summed E-state index contributed by atoms with van der Waals surface area (Å²) in [7, 11) is -4.05. The topological polar surface area (TPSA) is 54.5 Å². The van der Waals surface area contributed by atoms with Crippen molar-refractivity contribution in [1.82, 2.24) is 4.31 Å². The van der Waals surface area contributed by atoms with Gasteiger partial charge < -0.3 is 0 Å². The number of benzene rings is 3. The van der Waals surface area contributed by atoms with Crippen LogP contribution in [0.15, 0.2) is 88.8 Å². The number of piperidine rings is 1. The Morgan fingerprint density at radius 2 is 1.00 bits per heavy atom. The number of hydrogen-bond acceptors (Lipinski definition) is 3. The average Bonchev–Trinajstić information content (AvgIpc) is 2.79. The molecule has 1 aliphatic rings. The first-order valence-electron chi connectivity index (χ1n) is 9.95. The number of sulfonamides is 1. The maximum absolute atomic E-state index is 13.3. The number of halogens is 3. The SMILES string of the molecule is O=C1/C(=C/c2ccc(F)cc2)CN(S(=O)(=O)c2ccc(F)cc2)C/C1=C\c1ccc(F)cc1. The fourth-order valence-electron chi connectivity index (χ4n) is 3.45. The second kappa shape index (κ2) is 9.17. The largest absolute Gasteiger partial charge is 0.289 e. The molecule has 0 radical (unpaired) electrons. The minimum absolute atomic E-state index is 0.111. The molecule has 1 aliphatic heterocycles. The first-order chi connectivity index (χ1) is 15.7. The van der Waals surface area contributed by atoms with Crippen LogP contribution in [0.2, 0.25) is 0 Å². The molecule has 0 N–H and O–H groups in total. The summed E-state index contributed by atoms with van der Waals surface area (Å²) in [5, 5.41) is 0. The van der Waals surface area contributed by atoms with Crippen LogP contribution in [0.1, 0.15) is 11.1 Å². The number of rotatable bonds is 4. The highest BCUT2D eigenvalue weighted by Crippen LogP contribution is 2.27. The van der Waals surface area contributed by atoms with Gasteiger partial charge in [-0.15, -0.1) is 0 Å². The van der Waals surface area contributed by atoms with Gasteiger partial charge in [0.15, 0.2) is 5.78 Å². The van der Waals surface area contributed by atoms with Crippen molar-refractivity contribution in [2.45, 2.75) is 4.90 Å². The van der Waals surface area contributed by atoms with Crippen LogP contribution in [-0.4, -0.2) is 31.6 Å². The van der Waals surface area contributed by atoms with Crippen molar-refractivity contribution in [2.24, 2.45) is 0 Å². The highest BCUT2D eigenvalue weighted by molar-refractivity contribution is 7.89. The van der Waals surface area contributed by atoms with Crippen molar-refractivity contribution >= 4 is 28.0 Å². The molecule has 0 spiro atoms. The second-order valence-electron chi connectivity index (χ2n) is 7.50. The van der Waals surface area contributed by atoms with E-state index in [1.807, 2.05) is 0 Å². The first kappa shape index (κ1) is 22.7. The summed E-state index contributed by atoms with van der Waals surface area (Å²) < 4.78 is 67.4. The molecule has 0 aliphatic carbocycles. The van der Waals surface area contributed by atoms with Crippen molar-refractivity contribution in [3.8, 4) is 0 Å². The lowest BCUT2D eigenvalue weighted by atomic mass is 9.95. The van der Waals surface area contributed by atoms with E-state index < -0.39 is 27.5 Å². The number of nitrogens with zero attached hydrogens (tertiary/aromatic N) is 1. The molecule has 1 heterocycles. The Labute approximate surface area is 189 Å². The molecule has 1 fully saturated rings. The summed E-state index contributed by atoms with van der Waals surface area (Å²) in [5.41, 5.74) is 1.43. The molecule has 0 unspecified atom stereocenters. The highest BCUT2D eigenvalue weighted by atomic mass is 32.2. The van der Waals surface area contributed by atoms with Crippen molar-refractivity contribution in [3.63, 3.8) is 0 Å². The molecule has 0 amide bonds. The maximum atomic E-state index is 13.3. The molecular weight excluding hydrogens is 451 g/mol. The van der Waals surface area contributed by atoms with Gasteiger partial charge in [-0.05, 0) is 71.8 Å². The monoisotopic (exact) mass is 469 g/mol. The van der Waals surface area contributed by atoms with E-state index in [4.69, 9.17) is 0 Å². The third-order valence-electron chi connectivity index (χ3n) is 5.15. The number of hydrogen-bond donors (Lipinski definition) is 0. The third kappa shape index (κ3) is 5.13. The van der Waals surface area contributed by atoms with Crippen LogP contribution in [0.4, 0.5) is 13.2 Å². The van der Waals surface area contributed by atoms with Crippen LogP contribution < -0.4 is 0 Å². The molecular formula is C25H18F3NO3S. The zero-order valence-electron chi connectivity index (χ0n) is 17.2. The molecule has 4 rings (SSSR count). The van der Waals surface area contributed by atoms with Gasteiger partial charge in [-0.25, -0.2) is 21.6 Å². The van der Waals surface area contributed by atoms with Crippen LogP contribution in [-0.2, 0) is 14.8 Å². The van der Waals surface area contributed by atoms with E-state index in [9.17, 15) is 26.4 Å². The predicted molar refractivity (Wildman–Crippen MR) is 119 cm³/mol. The van der Waals surface area contributed by atoms with E-state index in [0.717, 1.165) is 28.6 Å². The van der Waals surface area contributed by atoms with Crippen molar-refractivity contribution < 1.29 is 26.4 Å². The van der Waals surface area contributed by atoms with Crippen LogP contribution in [0.25, 0.3) is 12.2 Å². The van der Waals surface area contributed by atoms with Gasteiger partial charge in [0, 0.05) is 24.2 Å². The van der Waals surface area contributed by atoms with Crippen LogP contribution in [0, 0.1) is 17.5 Å². The van der Waals surface area contributed by atoms with Gasteiger partial charge in [-0.1, -0.05) is 24.3 Å². The highest BCUT2D eigenvalue weighted by Gasteiger charge is 2.34. The molecule has 3 aromatic rings. The van der Waals surface area contributed by atoms with Crippen molar-refractivity contribution in [2.75, 3.05) is 13.1 Å². The standard InChI is InChI=1S/C25H18F3NO3S/c26-21-5-1-17(2-6-21)13-19-15-29(33(31,32)24-11-9-23(28)10-12-24)16-20(25(19)30)14-18-3-7-22(27)8-4-18/h1-14H,15-16H2/b19-13+,20-14+. The van der Waals surface area contributed by atoms with Crippen LogP contribution >= 0.6 is 0 Å². The lowest BCUT2D eigenvalue weighted by molar-refractivity contribution is -0.113. The minimum Gasteiger partial charge on any atom is -0.289 e. The molecule has 0 aromatic heterocycles. The van der Waals surface area contributed by atoms with E-state index in [0.29, 0.717) is 11.1 Å². The molecule has 0 bridgehead atoms. The van der Waals surface area contributed by atoms with E-state index >= 15 is 0 Å². The number of Topliss-reactive ketones (excluding diaryl/α,β-unsaturated/α-hetero) is 1. The molecule has 3 aromatic carbocycles. The Balaban J connectivity index is 1.77. The summed E-state index contributed by atoms with van der Waals surface area (Å²) in [6.07, 6.45) is 3.01. The molecule has 0 saturated carbocycles. The van der Waals surface area contributed by atoms with Gasteiger partial charge in [0.05, 0.1) is 4.90 Å². The molecule has 33 heavy (non-hydrogen) atoms. The Morgan fingerprint density at radius 3 is 1.39 bits per heavy atom. The smallest absolute Gasteiger partial charge is 0.243 e. The normalized spacial score (nSPS) is 17.6. The van der Waals surface area contributed by atoms with Gasteiger partial charge in [0.1, 0.15) is 17.5 Å². The van der Waals surface area contributed by atoms with Crippen LogP contribution in [0.5, 0.6) is 0 Å². The van der Waals surface area contributed by atoms with Crippen molar-refractivity contribution in [3.05, 3.63) is 113 Å². The Kier molecular flexibility index (Phi) is 6.31. The number of carbonyl (C=O) groups is 1. The van der Waals surface area contributed by atoms with E-state index in [1.165, 1.54) is 60.7 Å². The van der Waals surface area contributed by atoms with Gasteiger partial charge >= 0.3 is 0 Å². The van der Waals surface area contributed by atoms with E-state index in [-0.39, 0.29) is 34.9 Å². The number of ketones is 1. The summed E-state index contributed by atoms with van der Waals surface area (Å²) in [6.45, 7) is -0.423. The molecule has 4 nitrogen and oxygen atoms in total. The molecule has 0 atom stereocenters. The lowest BCUT2D eigenvalue weighted by Crippen LogP contribution is -2.41. The molecule has 8 heteroatoms. The first-order valence-corrected chi connectivity index (χ1v) is 11.4. The number of carbonyl (C=O) groups excluding carboxylic acids is 1. The van der Waals surface area contributed by atoms with Crippen LogP contribution in [0.3, 0.4) is 0 Å². The molecule has 1 saturated heterocycles. The van der Waals surface area contributed by atoms with Gasteiger partial charge in [-0.3, -0.25) is 4.79 Å².